The lowest BCUT2D eigenvalue weighted by Crippen LogP contribution is -2.39. The first-order chi connectivity index (χ1) is 13.1. The van der Waals surface area contributed by atoms with Gasteiger partial charge in [-0.1, -0.05) is 11.6 Å². The van der Waals surface area contributed by atoms with Gasteiger partial charge in [-0.2, -0.15) is 16.9 Å². The summed E-state index contributed by atoms with van der Waals surface area (Å²) < 4.78 is 7.12. The lowest BCUT2D eigenvalue weighted by molar-refractivity contribution is -0.136. The Morgan fingerprint density at radius 3 is 2.81 bits per heavy atom. The SMILES string of the molecule is O=C(NC[C@H]1CCCO1)C(=O)Nc1c2c(nn1-c1ccc(Cl)cc1)CSC2. The number of hydrogen-bond donors (Lipinski definition) is 2. The molecule has 2 aromatic rings. The van der Waals surface area contributed by atoms with E-state index < -0.39 is 11.8 Å². The zero-order valence-corrected chi connectivity index (χ0v) is 16.1. The Labute approximate surface area is 165 Å². The van der Waals surface area contributed by atoms with Gasteiger partial charge in [0.2, 0.25) is 0 Å². The Bertz CT molecular complexity index is 862. The summed E-state index contributed by atoms with van der Waals surface area (Å²) in [6, 6.07) is 7.17. The minimum Gasteiger partial charge on any atom is -0.376 e. The maximum Gasteiger partial charge on any atom is 0.314 e. The number of nitrogens with one attached hydrogen (secondary N) is 2. The third kappa shape index (κ3) is 3.97. The highest BCUT2D eigenvalue weighted by molar-refractivity contribution is 7.98. The van der Waals surface area contributed by atoms with E-state index in [2.05, 4.69) is 15.7 Å². The number of hydrogen-bond acceptors (Lipinski definition) is 5. The highest BCUT2D eigenvalue weighted by Crippen LogP contribution is 2.36. The van der Waals surface area contributed by atoms with Crippen molar-refractivity contribution in [3.63, 3.8) is 0 Å². The molecule has 0 saturated carbocycles. The number of rotatable bonds is 4. The topological polar surface area (TPSA) is 85.2 Å². The molecular weight excluding hydrogens is 388 g/mol. The second kappa shape index (κ2) is 7.92. The van der Waals surface area contributed by atoms with Gasteiger partial charge in [-0.05, 0) is 37.1 Å². The van der Waals surface area contributed by atoms with Gasteiger partial charge in [0.1, 0.15) is 5.82 Å². The van der Waals surface area contributed by atoms with Crippen LogP contribution in [-0.4, -0.2) is 40.9 Å². The number of benzene rings is 1. The average molecular weight is 407 g/mol. The van der Waals surface area contributed by atoms with Gasteiger partial charge in [0.25, 0.3) is 0 Å². The molecule has 1 saturated heterocycles. The number of ether oxygens (including phenoxy) is 1. The van der Waals surface area contributed by atoms with Crippen LogP contribution < -0.4 is 10.6 Å². The van der Waals surface area contributed by atoms with Gasteiger partial charge in [-0.25, -0.2) is 4.68 Å². The molecule has 2 N–H and O–H groups in total. The quantitative estimate of drug-likeness (QED) is 0.762. The van der Waals surface area contributed by atoms with Gasteiger partial charge in [0.05, 0.1) is 17.5 Å². The largest absolute Gasteiger partial charge is 0.376 e. The van der Waals surface area contributed by atoms with Gasteiger partial charge < -0.3 is 15.4 Å². The lowest BCUT2D eigenvalue weighted by atomic mass is 10.2. The molecule has 4 rings (SSSR count). The van der Waals surface area contributed by atoms with Crippen molar-refractivity contribution in [1.29, 1.82) is 0 Å². The third-order valence-electron chi connectivity index (χ3n) is 4.58. The van der Waals surface area contributed by atoms with E-state index in [0.29, 0.717) is 24.0 Å². The number of anilines is 1. The summed E-state index contributed by atoms with van der Waals surface area (Å²) in [7, 11) is 0. The van der Waals surface area contributed by atoms with Crippen molar-refractivity contribution in [2.45, 2.75) is 30.5 Å². The van der Waals surface area contributed by atoms with Crippen LogP contribution in [0.1, 0.15) is 24.1 Å². The van der Waals surface area contributed by atoms with Gasteiger partial charge in [-0.15, -0.1) is 0 Å². The van der Waals surface area contributed by atoms with E-state index in [1.807, 2.05) is 12.1 Å². The maximum atomic E-state index is 12.4. The molecule has 2 aliphatic heterocycles. The van der Waals surface area contributed by atoms with E-state index in [1.54, 1.807) is 28.6 Å². The van der Waals surface area contributed by atoms with E-state index in [0.717, 1.165) is 41.3 Å². The minimum atomic E-state index is -0.706. The van der Waals surface area contributed by atoms with Gasteiger partial charge >= 0.3 is 11.8 Å². The van der Waals surface area contributed by atoms with E-state index >= 15 is 0 Å². The molecule has 2 amide bonds. The first kappa shape index (κ1) is 18.3. The molecular formula is C18H19ClN4O3S. The molecule has 2 aliphatic rings. The summed E-state index contributed by atoms with van der Waals surface area (Å²) >= 11 is 7.69. The van der Waals surface area contributed by atoms with Crippen molar-refractivity contribution in [1.82, 2.24) is 15.1 Å². The molecule has 9 heteroatoms. The average Bonchev–Trinajstić information content (AvgIpc) is 3.39. The van der Waals surface area contributed by atoms with Crippen LogP contribution in [0.15, 0.2) is 24.3 Å². The molecule has 1 aromatic carbocycles. The summed E-state index contributed by atoms with van der Waals surface area (Å²) in [6.07, 6.45) is 1.87. The predicted molar refractivity (Wildman–Crippen MR) is 104 cm³/mol. The van der Waals surface area contributed by atoms with Crippen molar-refractivity contribution in [2.24, 2.45) is 0 Å². The summed E-state index contributed by atoms with van der Waals surface area (Å²) in [5.74, 6) is 0.686. The van der Waals surface area contributed by atoms with Crippen molar-refractivity contribution < 1.29 is 14.3 Å². The van der Waals surface area contributed by atoms with E-state index in [4.69, 9.17) is 16.3 Å². The molecule has 142 valence electrons. The highest BCUT2D eigenvalue weighted by Gasteiger charge is 2.27. The normalized spacial score (nSPS) is 18.3. The smallest absolute Gasteiger partial charge is 0.314 e. The monoisotopic (exact) mass is 406 g/mol. The van der Waals surface area contributed by atoms with Crippen molar-refractivity contribution in [3.8, 4) is 5.69 Å². The molecule has 1 aromatic heterocycles. The fourth-order valence-electron chi connectivity index (χ4n) is 3.17. The number of amides is 2. The molecule has 3 heterocycles. The van der Waals surface area contributed by atoms with Crippen molar-refractivity contribution in [2.75, 3.05) is 18.5 Å². The van der Waals surface area contributed by atoms with E-state index in [1.165, 1.54) is 0 Å². The molecule has 0 aliphatic carbocycles. The lowest BCUT2D eigenvalue weighted by Gasteiger charge is -2.13. The minimum absolute atomic E-state index is 0.0120. The maximum absolute atomic E-state index is 12.4. The van der Waals surface area contributed by atoms with Gasteiger partial charge in [-0.3, -0.25) is 9.59 Å². The molecule has 0 radical (unpaired) electrons. The number of carbonyl (C=O) groups excluding carboxylic acids is 2. The second-order valence-electron chi connectivity index (χ2n) is 6.45. The van der Waals surface area contributed by atoms with Crippen LogP contribution in [0.3, 0.4) is 0 Å². The summed E-state index contributed by atoms with van der Waals surface area (Å²) in [6.45, 7) is 1.05. The van der Waals surface area contributed by atoms with Crippen LogP contribution in [0.5, 0.6) is 0 Å². The van der Waals surface area contributed by atoms with E-state index in [-0.39, 0.29) is 6.10 Å². The molecule has 0 unspecified atom stereocenters. The predicted octanol–water partition coefficient (Wildman–Crippen LogP) is 2.51. The van der Waals surface area contributed by atoms with Crippen LogP contribution in [-0.2, 0) is 25.8 Å². The molecule has 0 bridgehead atoms. The number of nitrogens with zero attached hydrogens (tertiary/aromatic N) is 2. The summed E-state index contributed by atoms with van der Waals surface area (Å²) in [4.78, 5) is 24.6. The highest BCUT2D eigenvalue weighted by atomic mass is 35.5. The number of thioether (sulfide) groups is 1. The van der Waals surface area contributed by atoms with Crippen molar-refractivity contribution in [3.05, 3.63) is 40.5 Å². The Morgan fingerprint density at radius 2 is 2.07 bits per heavy atom. The van der Waals surface area contributed by atoms with Crippen LogP contribution in [0.4, 0.5) is 5.82 Å². The third-order valence-corrected chi connectivity index (χ3v) is 5.80. The molecule has 7 nitrogen and oxygen atoms in total. The second-order valence-corrected chi connectivity index (χ2v) is 7.88. The van der Waals surface area contributed by atoms with Gasteiger partial charge in [0.15, 0.2) is 0 Å². The summed E-state index contributed by atoms with van der Waals surface area (Å²) in [5.41, 5.74) is 2.65. The number of aromatic nitrogens is 2. The Kier molecular flexibility index (Phi) is 5.38. The van der Waals surface area contributed by atoms with Crippen LogP contribution in [0, 0.1) is 0 Å². The van der Waals surface area contributed by atoms with Crippen molar-refractivity contribution >= 4 is 41.0 Å². The number of fused-ring (bicyclic) bond motifs is 1. The van der Waals surface area contributed by atoms with Crippen LogP contribution in [0.25, 0.3) is 5.69 Å². The molecule has 27 heavy (non-hydrogen) atoms. The Morgan fingerprint density at radius 1 is 1.26 bits per heavy atom. The Hall–Kier alpha value is -2.03. The number of carbonyl (C=O) groups is 2. The molecule has 1 fully saturated rings. The zero-order valence-electron chi connectivity index (χ0n) is 14.5. The van der Waals surface area contributed by atoms with E-state index in [9.17, 15) is 9.59 Å². The fourth-order valence-corrected chi connectivity index (χ4v) is 4.33. The molecule has 0 spiro atoms. The zero-order chi connectivity index (χ0) is 18.8. The Balaban J connectivity index is 1.51. The molecule has 1 atom stereocenters. The van der Waals surface area contributed by atoms with Gasteiger partial charge in [0, 0.05) is 35.2 Å². The summed E-state index contributed by atoms with van der Waals surface area (Å²) in [5, 5.41) is 10.6. The first-order valence-corrected chi connectivity index (χ1v) is 10.3. The first-order valence-electron chi connectivity index (χ1n) is 8.77. The number of halogens is 1. The standard InChI is InChI=1S/C18H19ClN4O3S/c19-11-3-5-12(6-4-11)23-16(14-9-27-10-15(14)22-23)21-18(25)17(24)20-8-13-2-1-7-26-13/h3-6,13H,1-2,7-10H2,(H,20,24)(H,21,25)/t13-/m1/s1. The fraction of sp³-hybridized carbons (Fsp3) is 0.389. The van der Waals surface area contributed by atoms with Crippen LogP contribution in [0.2, 0.25) is 5.02 Å². The van der Waals surface area contributed by atoms with Crippen LogP contribution >= 0.6 is 23.4 Å².